The molecule has 1 unspecified atom stereocenters. The molecular formula is C19H20N4O3. The van der Waals surface area contributed by atoms with E-state index in [1.165, 1.54) is 18.7 Å². The minimum atomic E-state index is -0.534. The first-order valence-corrected chi connectivity index (χ1v) is 8.24. The van der Waals surface area contributed by atoms with Crippen LogP contribution >= 0.6 is 0 Å². The summed E-state index contributed by atoms with van der Waals surface area (Å²) in [7, 11) is 2.92. The number of nitrogens with one attached hydrogen (secondary N) is 1. The smallest absolute Gasteiger partial charge is 0.332 e. The van der Waals surface area contributed by atoms with Crippen LogP contribution in [0.2, 0.25) is 0 Å². The fourth-order valence-corrected chi connectivity index (χ4v) is 2.96. The number of benzene rings is 1. The normalized spacial score (nSPS) is 12.2. The molecule has 1 atom stereocenters. The Morgan fingerprint density at radius 1 is 1.12 bits per heavy atom. The predicted octanol–water partition coefficient (Wildman–Crippen LogP) is 1.43. The van der Waals surface area contributed by atoms with Crippen molar-refractivity contribution in [3.63, 3.8) is 0 Å². The highest BCUT2D eigenvalue weighted by Crippen LogP contribution is 2.16. The summed E-state index contributed by atoms with van der Waals surface area (Å²) in [6, 6.07) is 10.9. The van der Waals surface area contributed by atoms with Crippen molar-refractivity contribution in [2.24, 2.45) is 14.1 Å². The van der Waals surface area contributed by atoms with Gasteiger partial charge in [0.1, 0.15) is 5.65 Å². The topological polar surface area (TPSA) is 86.0 Å². The number of nitrogens with zero attached hydrogens (tertiary/aromatic N) is 3. The lowest BCUT2D eigenvalue weighted by Crippen LogP contribution is -2.39. The molecule has 2 heterocycles. The van der Waals surface area contributed by atoms with Crippen molar-refractivity contribution in [3.05, 3.63) is 74.1 Å². The molecule has 0 aliphatic heterocycles. The Labute approximate surface area is 149 Å². The summed E-state index contributed by atoms with van der Waals surface area (Å²) in [5, 5.41) is 3.05. The van der Waals surface area contributed by atoms with E-state index in [-0.39, 0.29) is 28.5 Å². The second kappa shape index (κ2) is 6.59. The number of hydrogen-bond donors (Lipinski definition) is 1. The molecule has 0 spiro atoms. The fourth-order valence-electron chi connectivity index (χ4n) is 2.96. The van der Waals surface area contributed by atoms with E-state index in [0.717, 1.165) is 10.1 Å². The van der Waals surface area contributed by atoms with Gasteiger partial charge in [-0.2, -0.15) is 0 Å². The molecule has 3 rings (SSSR count). The summed E-state index contributed by atoms with van der Waals surface area (Å²) in [5.41, 5.74) is 0.911. The van der Waals surface area contributed by atoms with Crippen molar-refractivity contribution in [1.82, 2.24) is 19.4 Å². The summed E-state index contributed by atoms with van der Waals surface area (Å²) < 4.78 is 2.26. The van der Waals surface area contributed by atoms with E-state index in [9.17, 15) is 14.4 Å². The van der Waals surface area contributed by atoms with Crippen molar-refractivity contribution in [1.29, 1.82) is 0 Å². The van der Waals surface area contributed by atoms with Crippen LogP contribution in [-0.4, -0.2) is 20.0 Å². The molecule has 3 aromatic rings. The highest BCUT2D eigenvalue weighted by molar-refractivity contribution is 6.05. The monoisotopic (exact) mass is 352 g/mol. The predicted molar refractivity (Wildman–Crippen MR) is 99.3 cm³/mol. The molecule has 26 heavy (non-hydrogen) atoms. The number of fused-ring (bicyclic) bond motifs is 1. The molecule has 7 heteroatoms. The molecule has 2 aromatic heterocycles. The van der Waals surface area contributed by atoms with Crippen LogP contribution in [0.1, 0.15) is 34.6 Å². The van der Waals surface area contributed by atoms with Gasteiger partial charge in [0.15, 0.2) is 0 Å². The summed E-state index contributed by atoms with van der Waals surface area (Å²) in [5.74, 6) is -0.382. The lowest BCUT2D eigenvalue weighted by molar-refractivity contribution is 0.0941. The zero-order chi connectivity index (χ0) is 19.0. The molecule has 1 aromatic carbocycles. The second-order valence-electron chi connectivity index (χ2n) is 6.32. The number of rotatable bonds is 3. The summed E-state index contributed by atoms with van der Waals surface area (Å²) in [4.78, 5) is 41.9. The summed E-state index contributed by atoms with van der Waals surface area (Å²) >= 11 is 0. The zero-order valence-corrected chi connectivity index (χ0v) is 15.1. The van der Waals surface area contributed by atoms with Gasteiger partial charge in [-0.3, -0.25) is 18.7 Å². The van der Waals surface area contributed by atoms with Gasteiger partial charge >= 0.3 is 5.69 Å². The van der Waals surface area contributed by atoms with Gasteiger partial charge in [0, 0.05) is 19.8 Å². The third kappa shape index (κ3) is 2.92. The molecule has 0 aliphatic rings. The lowest BCUT2D eigenvalue weighted by Gasteiger charge is -2.16. The Hall–Kier alpha value is -3.22. The number of carbonyl (C=O) groups is 1. The average molecular weight is 352 g/mol. The number of aromatic nitrogens is 3. The Kier molecular flexibility index (Phi) is 4.46. The largest absolute Gasteiger partial charge is 0.345 e. The van der Waals surface area contributed by atoms with E-state index < -0.39 is 11.2 Å². The number of carbonyl (C=O) groups excluding carboxylic acids is 1. The molecule has 1 amide bonds. The first-order valence-electron chi connectivity index (χ1n) is 8.24. The first-order chi connectivity index (χ1) is 12.3. The van der Waals surface area contributed by atoms with Crippen LogP contribution in [0, 0.1) is 6.92 Å². The van der Waals surface area contributed by atoms with Crippen LogP contribution in [0.15, 0.2) is 46.0 Å². The maximum Gasteiger partial charge on any atom is 0.332 e. The van der Waals surface area contributed by atoms with Crippen molar-refractivity contribution in [2.75, 3.05) is 0 Å². The van der Waals surface area contributed by atoms with Crippen molar-refractivity contribution in [3.8, 4) is 0 Å². The van der Waals surface area contributed by atoms with E-state index in [1.807, 2.05) is 37.3 Å². The minimum absolute atomic E-state index is 0.137. The molecule has 0 bridgehead atoms. The van der Waals surface area contributed by atoms with Crippen molar-refractivity contribution >= 4 is 16.9 Å². The molecule has 1 N–H and O–H groups in total. The van der Waals surface area contributed by atoms with Gasteiger partial charge in [-0.1, -0.05) is 30.3 Å². The van der Waals surface area contributed by atoms with E-state index >= 15 is 0 Å². The lowest BCUT2D eigenvalue weighted by atomic mass is 10.1. The SMILES string of the molecule is Cc1cc(C(=O)NC(C)c2ccccc2)c2c(=O)n(C)c(=O)n(C)c2n1. The van der Waals surface area contributed by atoms with Crippen LogP contribution in [0.25, 0.3) is 11.0 Å². The van der Waals surface area contributed by atoms with Gasteiger partial charge < -0.3 is 5.32 Å². The number of aryl methyl sites for hydroxylation is 2. The number of hydrogen-bond acceptors (Lipinski definition) is 4. The first kappa shape index (κ1) is 17.6. The quantitative estimate of drug-likeness (QED) is 0.773. The summed E-state index contributed by atoms with van der Waals surface area (Å²) in [6.45, 7) is 3.59. The maximum absolute atomic E-state index is 12.9. The Bertz CT molecular complexity index is 1110. The Morgan fingerprint density at radius 2 is 1.77 bits per heavy atom. The molecular weight excluding hydrogens is 332 g/mol. The van der Waals surface area contributed by atoms with Crippen LogP contribution < -0.4 is 16.6 Å². The van der Waals surface area contributed by atoms with E-state index in [1.54, 1.807) is 13.0 Å². The van der Waals surface area contributed by atoms with Crippen LogP contribution in [0.3, 0.4) is 0 Å². The van der Waals surface area contributed by atoms with Gasteiger partial charge in [0.25, 0.3) is 11.5 Å². The summed E-state index contributed by atoms with van der Waals surface area (Å²) in [6.07, 6.45) is 0. The number of pyridine rings is 1. The van der Waals surface area contributed by atoms with Gasteiger partial charge in [0.2, 0.25) is 0 Å². The van der Waals surface area contributed by atoms with E-state index in [2.05, 4.69) is 10.3 Å². The third-order valence-electron chi connectivity index (χ3n) is 4.43. The van der Waals surface area contributed by atoms with Gasteiger partial charge in [-0.25, -0.2) is 9.78 Å². The van der Waals surface area contributed by atoms with Crippen molar-refractivity contribution < 1.29 is 4.79 Å². The number of amides is 1. The molecule has 0 saturated heterocycles. The van der Waals surface area contributed by atoms with Gasteiger partial charge in [0.05, 0.1) is 17.0 Å². The molecule has 0 radical (unpaired) electrons. The molecule has 0 aliphatic carbocycles. The van der Waals surface area contributed by atoms with Crippen LogP contribution in [0.4, 0.5) is 0 Å². The van der Waals surface area contributed by atoms with Crippen LogP contribution in [-0.2, 0) is 14.1 Å². The van der Waals surface area contributed by atoms with E-state index in [0.29, 0.717) is 5.69 Å². The van der Waals surface area contributed by atoms with E-state index in [4.69, 9.17) is 0 Å². The fraction of sp³-hybridized carbons (Fsp3) is 0.263. The maximum atomic E-state index is 12.9. The Balaban J connectivity index is 2.14. The highest BCUT2D eigenvalue weighted by Gasteiger charge is 2.20. The Morgan fingerprint density at radius 3 is 2.42 bits per heavy atom. The minimum Gasteiger partial charge on any atom is -0.345 e. The molecule has 0 saturated carbocycles. The standard InChI is InChI=1S/C19H20N4O3/c1-11-10-14(17(24)21-12(2)13-8-6-5-7-9-13)15-16(20-11)22(3)19(26)23(4)18(15)25/h5-10,12H,1-4H3,(H,21,24). The van der Waals surface area contributed by atoms with Gasteiger partial charge in [-0.05, 0) is 25.5 Å². The second-order valence-corrected chi connectivity index (χ2v) is 6.32. The molecule has 7 nitrogen and oxygen atoms in total. The van der Waals surface area contributed by atoms with Crippen molar-refractivity contribution in [2.45, 2.75) is 19.9 Å². The average Bonchev–Trinajstić information content (AvgIpc) is 2.64. The third-order valence-corrected chi connectivity index (χ3v) is 4.43. The highest BCUT2D eigenvalue weighted by atomic mass is 16.2. The molecule has 0 fully saturated rings. The van der Waals surface area contributed by atoms with Crippen LogP contribution in [0.5, 0.6) is 0 Å². The zero-order valence-electron chi connectivity index (χ0n) is 15.1. The molecule has 134 valence electrons. The van der Waals surface area contributed by atoms with Gasteiger partial charge in [-0.15, -0.1) is 0 Å².